The van der Waals surface area contributed by atoms with Crippen molar-refractivity contribution >= 4 is 52.8 Å². The number of carbonyl (C=O) groups is 3. The average Bonchev–Trinajstić information content (AvgIpc) is 3.47. The number of para-hydroxylation sites is 1. The third kappa shape index (κ3) is 4.03. The molecule has 4 atom stereocenters. The number of hydrogen-bond acceptors (Lipinski definition) is 5. The molecule has 5 rings (SSSR count). The van der Waals surface area contributed by atoms with Gasteiger partial charge >= 0.3 is 0 Å². The van der Waals surface area contributed by atoms with Crippen molar-refractivity contribution in [2.45, 2.75) is 6.42 Å². The Hall–Kier alpha value is -3.16. The Morgan fingerprint density at radius 1 is 1.06 bits per heavy atom. The SMILES string of the molecule is O=C(COc1c(Cl)cc(C=NN2C(=O)C3C4C=CC(C4)C3C2=O)cc1Cl)Nc1ccccc1. The molecule has 1 saturated heterocycles. The number of amides is 3. The third-order valence-corrected chi connectivity index (χ3v) is 6.76. The molecular weight excluding hydrogens is 465 g/mol. The number of anilines is 1. The first-order valence-electron chi connectivity index (χ1n) is 10.5. The Bertz CT molecular complexity index is 1140. The van der Waals surface area contributed by atoms with E-state index in [1.54, 1.807) is 36.4 Å². The quantitative estimate of drug-likeness (QED) is 0.379. The van der Waals surface area contributed by atoms with Crippen molar-refractivity contribution in [2.75, 3.05) is 11.9 Å². The first-order chi connectivity index (χ1) is 15.9. The number of allylic oxidation sites excluding steroid dienone is 2. The van der Waals surface area contributed by atoms with Crippen molar-refractivity contribution in [1.82, 2.24) is 5.01 Å². The largest absolute Gasteiger partial charge is 0.481 e. The average molecular weight is 484 g/mol. The van der Waals surface area contributed by atoms with Crippen LogP contribution in [0.3, 0.4) is 0 Å². The molecule has 9 heteroatoms. The molecule has 3 aliphatic rings. The summed E-state index contributed by atoms with van der Waals surface area (Å²) in [4.78, 5) is 37.6. The fraction of sp³-hybridized carbons (Fsp3) is 0.250. The van der Waals surface area contributed by atoms with Crippen LogP contribution >= 0.6 is 23.2 Å². The summed E-state index contributed by atoms with van der Waals surface area (Å²) < 4.78 is 5.50. The zero-order chi connectivity index (χ0) is 23.1. The van der Waals surface area contributed by atoms with Gasteiger partial charge in [0.2, 0.25) is 0 Å². The van der Waals surface area contributed by atoms with Gasteiger partial charge in [-0.05, 0) is 48.1 Å². The van der Waals surface area contributed by atoms with Crippen molar-refractivity contribution in [3.05, 3.63) is 70.2 Å². The molecule has 2 aromatic rings. The molecule has 2 fully saturated rings. The number of hydrazone groups is 1. The van der Waals surface area contributed by atoms with Gasteiger partial charge in [0, 0.05) is 5.69 Å². The van der Waals surface area contributed by atoms with E-state index in [0.29, 0.717) is 11.3 Å². The van der Waals surface area contributed by atoms with Crippen LogP contribution in [0, 0.1) is 23.7 Å². The summed E-state index contributed by atoms with van der Waals surface area (Å²) in [7, 11) is 0. The topological polar surface area (TPSA) is 88.1 Å². The van der Waals surface area contributed by atoms with Gasteiger partial charge in [0.05, 0.1) is 28.1 Å². The van der Waals surface area contributed by atoms with Crippen LogP contribution in [0.15, 0.2) is 59.7 Å². The molecule has 1 aliphatic heterocycles. The zero-order valence-corrected chi connectivity index (χ0v) is 18.8. The van der Waals surface area contributed by atoms with Crippen molar-refractivity contribution in [2.24, 2.45) is 28.8 Å². The van der Waals surface area contributed by atoms with Gasteiger partial charge in [-0.2, -0.15) is 10.1 Å². The lowest BCUT2D eigenvalue weighted by molar-refractivity contribution is -0.140. The summed E-state index contributed by atoms with van der Waals surface area (Å²) in [6.07, 6.45) is 6.29. The van der Waals surface area contributed by atoms with Crippen LogP contribution in [0.25, 0.3) is 0 Å². The second kappa shape index (κ2) is 8.65. The number of rotatable bonds is 6. The van der Waals surface area contributed by atoms with Crippen LogP contribution in [0.5, 0.6) is 5.75 Å². The normalized spacial score (nSPS) is 25.2. The molecular formula is C24H19Cl2N3O4. The van der Waals surface area contributed by atoms with E-state index in [2.05, 4.69) is 10.4 Å². The minimum absolute atomic E-state index is 0.121. The highest BCUT2D eigenvalue weighted by atomic mass is 35.5. The van der Waals surface area contributed by atoms with Gasteiger partial charge in [-0.1, -0.05) is 53.6 Å². The predicted molar refractivity (Wildman–Crippen MR) is 124 cm³/mol. The van der Waals surface area contributed by atoms with E-state index in [1.807, 2.05) is 18.2 Å². The van der Waals surface area contributed by atoms with E-state index in [0.717, 1.165) is 11.4 Å². The van der Waals surface area contributed by atoms with Gasteiger partial charge in [-0.15, -0.1) is 0 Å². The molecule has 0 spiro atoms. The Labute approximate surface area is 200 Å². The molecule has 2 bridgehead atoms. The summed E-state index contributed by atoms with van der Waals surface area (Å²) in [5.74, 6) is -1.11. The molecule has 33 heavy (non-hydrogen) atoms. The number of benzene rings is 2. The van der Waals surface area contributed by atoms with Crippen LogP contribution in [0.1, 0.15) is 12.0 Å². The lowest BCUT2D eigenvalue weighted by Gasteiger charge is -2.13. The van der Waals surface area contributed by atoms with Gasteiger partial charge < -0.3 is 10.1 Å². The van der Waals surface area contributed by atoms with E-state index in [-0.39, 0.29) is 63.8 Å². The molecule has 3 amide bonds. The summed E-state index contributed by atoms with van der Waals surface area (Å²) in [5.41, 5.74) is 1.14. The van der Waals surface area contributed by atoms with Crippen molar-refractivity contribution in [3.63, 3.8) is 0 Å². The molecule has 7 nitrogen and oxygen atoms in total. The highest BCUT2D eigenvalue weighted by molar-refractivity contribution is 6.37. The van der Waals surface area contributed by atoms with Crippen molar-refractivity contribution < 1.29 is 19.1 Å². The Kier molecular flexibility index (Phi) is 5.68. The minimum atomic E-state index is -0.362. The summed E-state index contributed by atoms with van der Waals surface area (Å²) in [6.45, 7) is -0.280. The van der Waals surface area contributed by atoms with E-state index in [4.69, 9.17) is 27.9 Å². The van der Waals surface area contributed by atoms with Gasteiger partial charge in [0.1, 0.15) is 0 Å². The van der Waals surface area contributed by atoms with Crippen molar-refractivity contribution in [3.8, 4) is 5.75 Å². The Morgan fingerprint density at radius 2 is 1.67 bits per heavy atom. The number of fused-ring (bicyclic) bond motifs is 5. The molecule has 168 valence electrons. The maximum Gasteiger partial charge on any atom is 0.262 e. The van der Waals surface area contributed by atoms with Crippen LogP contribution in [0.4, 0.5) is 5.69 Å². The van der Waals surface area contributed by atoms with Gasteiger partial charge in [-0.3, -0.25) is 14.4 Å². The molecule has 1 N–H and O–H groups in total. The zero-order valence-electron chi connectivity index (χ0n) is 17.3. The highest BCUT2D eigenvalue weighted by Gasteiger charge is 2.59. The number of nitrogens with zero attached hydrogens (tertiary/aromatic N) is 2. The van der Waals surface area contributed by atoms with Crippen LogP contribution in [-0.4, -0.2) is 35.6 Å². The monoisotopic (exact) mass is 483 g/mol. The van der Waals surface area contributed by atoms with Crippen LogP contribution < -0.4 is 10.1 Å². The number of nitrogens with one attached hydrogen (secondary N) is 1. The number of ether oxygens (including phenoxy) is 1. The highest BCUT2D eigenvalue weighted by Crippen LogP contribution is 2.52. The van der Waals surface area contributed by atoms with E-state index < -0.39 is 0 Å². The lowest BCUT2D eigenvalue weighted by Crippen LogP contribution is -2.28. The van der Waals surface area contributed by atoms with Gasteiger partial charge in [0.25, 0.3) is 17.7 Å². The van der Waals surface area contributed by atoms with E-state index in [1.165, 1.54) is 6.21 Å². The maximum atomic E-state index is 12.7. The number of imide groups is 1. The number of halogens is 2. The van der Waals surface area contributed by atoms with E-state index >= 15 is 0 Å². The molecule has 2 aliphatic carbocycles. The minimum Gasteiger partial charge on any atom is -0.481 e. The standard InChI is InChI=1S/C24H19Cl2N3O4/c25-17-8-13(9-18(26)22(17)33-12-19(30)28-16-4-2-1-3-5-16)11-27-29-23(31)20-14-6-7-15(10-14)21(20)24(29)32/h1-9,11,14-15,20-21H,10,12H2,(H,28,30). The van der Waals surface area contributed by atoms with Crippen LogP contribution in [-0.2, 0) is 14.4 Å². The number of carbonyl (C=O) groups excluding carboxylic acids is 3. The Balaban J connectivity index is 1.24. The summed E-state index contributed by atoms with van der Waals surface area (Å²) in [5, 5.41) is 8.14. The van der Waals surface area contributed by atoms with Gasteiger partial charge in [0.15, 0.2) is 12.4 Å². The first kappa shape index (κ1) is 21.7. The molecule has 1 saturated carbocycles. The predicted octanol–water partition coefficient (Wildman–Crippen LogP) is 4.15. The molecule has 4 unspecified atom stereocenters. The summed E-state index contributed by atoms with van der Waals surface area (Å²) >= 11 is 12.6. The first-order valence-corrected chi connectivity index (χ1v) is 11.2. The fourth-order valence-corrected chi connectivity index (χ4v) is 5.39. The Morgan fingerprint density at radius 3 is 2.27 bits per heavy atom. The van der Waals surface area contributed by atoms with Crippen LogP contribution in [0.2, 0.25) is 10.0 Å². The maximum absolute atomic E-state index is 12.7. The van der Waals surface area contributed by atoms with E-state index in [9.17, 15) is 14.4 Å². The second-order valence-corrected chi connectivity index (χ2v) is 9.06. The molecule has 0 radical (unpaired) electrons. The van der Waals surface area contributed by atoms with Gasteiger partial charge in [-0.25, -0.2) is 0 Å². The molecule has 2 aromatic carbocycles. The third-order valence-electron chi connectivity index (χ3n) is 6.20. The molecule has 0 aromatic heterocycles. The second-order valence-electron chi connectivity index (χ2n) is 8.25. The van der Waals surface area contributed by atoms with Crippen molar-refractivity contribution in [1.29, 1.82) is 0 Å². The lowest BCUT2D eigenvalue weighted by atomic mass is 9.85. The fourth-order valence-electron chi connectivity index (χ4n) is 4.77. The number of hydrogen-bond donors (Lipinski definition) is 1. The summed E-state index contributed by atoms with van der Waals surface area (Å²) in [6, 6.07) is 12.1. The molecule has 1 heterocycles. The smallest absolute Gasteiger partial charge is 0.262 e.